The fourth-order valence-corrected chi connectivity index (χ4v) is 7.87. The molecule has 1 saturated heterocycles. The number of carbonyl (C=O) groups is 2. The van der Waals surface area contributed by atoms with Crippen LogP contribution in [0.3, 0.4) is 0 Å². The Morgan fingerprint density at radius 1 is 1.05 bits per heavy atom. The zero-order valence-corrected chi connectivity index (χ0v) is 23.2. The van der Waals surface area contributed by atoms with E-state index in [0.717, 1.165) is 39.1 Å². The lowest BCUT2D eigenvalue weighted by Gasteiger charge is -2.31. The fraction of sp³-hybridized carbons (Fsp3) is 0.179. The molecule has 2 aliphatic heterocycles. The third-order valence-corrected chi connectivity index (χ3v) is 9.56. The zero-order chi connectivity index (χ0) is 28.1. The summed E-state index contributed by atoms with van der Waals surface area (Å²) in [7, 11) is 0. The number of nitro benzene ring substituents is 1. The minimum Gasteiger partial charge on any atom is -0.489 e. The molecule has 1 N–H and O–H groups in total. The number of amides is 2. The number of nitrogens with zero attached hydrogens (tertiary/aromatic N) is 2. The van der Waals surface area contributed by atoms with E-state index in [0.29, 0.717) is 26.2 Å². The fourth-order valence-electron chi connectivity index (χ4n) is 5.19. The number of imide groups is 1. The number of thiazole rings is 1. The number of benzene rings is 3. The van der Waals surface area contributed by atoms with Crippen molar-refractivity contribution < 1.29 is 19.2 Å². The van der Waals surface area contributed by atoms with Crippen molar-refractivity contribution in [3.63, 3.8) is 0 Å². The highest BCUT2D eigenvalue weighted by Crippen LogP contribution is 2.54. The molecule has 40 heavy (non-hydrogen) atoms. The van der Waals surface area contributed by atoms with Crippen molar-refractivity contribution in [2.75, 3.05) is 4.90 Å². The van der Waals surface area contributed by atoms with Gasteiger partial charge in [-0.15, -0.1) is 0 Å². The van der Waals surface area contributed by atoms with Gasteiger partial charge in [0.1, 0.15) is 17.6 Å². The van der Waals surface area contributed by atoms with Crippen molar-refractivity contribution in [1.82, 2.24) is 4.98 Å². The van der Waals surface area contributed by atoms with E-state index in [2.05, 4.69) is 4.98 Å². The summed E-state index contributed by atoms with van der Waals surface area (Å²) in [6, 6.07) is 18.3. The van der Waals surface area contributed by atoms with Crippen LogP contribution < -0.4 is 14.5 Å². The van der Waals surface area contributed by atoms with Gasteiger partial charge in [0.2, 0.25) is 11.8 Å². The Morgan fingerprint density at radius 2 is 1.82 bits per heavy atom. The molecule has 3 aromatic carbocycles. The first-order valence-electron chi connectivity index (χ1n) is 12.2. The predicted octanol–water partition coefficient (Wildman–Crippen LogP) is 5.68. The van der Waals surface area contributed by atoms with Gasteiger partial charge in [-0.2, -0.15) is 0 Å². The molecule has 3 unspecified atom stereocenters. The maximum Gasteiger partial charge on any atom is 0.305 e. The highest BCUT2D eigenvalue weighted by atomic mass is 35.5. The van der Waals surface area contributed by atoms with Crippen LogP contribution in [0.1, 0.15) is 27.5 Å². The third kappa shape index (κ3) is 4.59. The monoisotopic (exact) mass is 593 g/mol. The van der Waals surface area contributed by atoms with Gasteiger partial charge in [-0.05, 0) is 42.8 Å². The van der Waals surface area contributed by atoms with Crippen molar-refractivity contribution in [2.45, 2.75) is 29.7 Å². The Balaban J connectivity index is 1.43. The van der Waals surface area contributed by atoms with Crippen LogP contribution in [0.4, 0.5) is 11.4 Å². The molecule has 0 spiro atoms. The quantitative estimate of drug-likeness (QED) is 0.173. The van der Waals surface area contributed by atoms with E-state index in [1.165, 1.54) is 24.3 Å². The average Bonchev–Trinajstić information content (AvgIpc) is 3.42. The molecule has 2 aliphatic rings. The normalized spacial score (nSPS) is 19.9. The molecule has 0 saturated carbocycles. The van der Waals surface area contributed by atoms with Crippen LogP contribution in [0.2, 0.25) is 5.02 Å². The van der Waals surface area contributed by atoms with Crippen molar-refractivity contribution in [1.29, 1.82) is 0 Å². The number of non-ortho nitro benzene ring substituents is 1. The van der Waals surface area contributed by atoms with Crippen LogP contribution in [0.25, 0.3) is 0 Å². The first-order valence-corrected chi connectivity index (χ1v) is 14.3. The highest BCUT2D eigenvalue weighted by molar-refractivity contribution is 8.00. The third-order valence-electron chi connectivity index (χ3n) is 6.93. The van der Waals surface area contributed by atoms with E-state index in [4.69, 9.17) is 16.3 Å². The average molecular weight is 594 g/mol. The Bertz CT molecular complexity index is 1730. The first-order chi connectivity index (χ1) is 19.2. The van der Waals surface area contributed by atoms with Crippen molar-refractivity contribution in [3.8, 4) is 5.75 Å². The number of halogens is 1. The number of aryl methyl sites for hydroxylation is 1. The number of H-pyrrole nitrogens is 1. The standard InChI is InChI=1S/C28H20ClN3O6S2/c1-14-3-2-4-15(11-14)13-38-20-10-5-16(29)12-19(20)21-22-24(39-25-23(21)40-28(35)30-25)27(34)31(26(22)33)17-6-8-18(9-7-17)32(36)37/h2-12,21-22,24H,13H2,1H3,(H,30,35). The van der Waals surface area contributed by atoms with E-state index in [1.54, 1.807) is 18.2 Å². The summed E-state index contributed by atoms with van der Waals surface area (Å²) in [5, 5.41) is 11.2. The first kappa shape index (κ1) is 26.3. The van der Waals surface area contributed by atoms with Gasteiger partial charge in [0.05, 0.1) is 21.6 Å². The van der Waals surface area contributed by atoms with Gasteiger partial charge in [0.15, 0.2) is 0 Å². The minimum absolute atomic E-state index is 0.151. The number of anilines is 1. The van der Waals surface area contributed by atoms with Crippen LogP contribution >= 0.6 is 34.7 Å². The van der Waals surface area contributed by atoms with E-state index in [9.17, 15) is 24.5 Å². The van der Waals surface area contributed by atoms with E-state index in [1.807, 2.05) is 31.2 Å². The molecule has 9 nitrogen and oxygen atoms in total. The minimum atomic E-state index is -0.855. The van der Waals surface area contributed by atoms with Crippen LogP contribution in [-0.4, -0.2) is 27.0 Å². The smallest absolute Gasteiger partial charge is 0.305 e. The van der Waals surface area contributed by atoms with E-state index in [-0.39, 0.29) is 22.9 Å². The molecule has 0 radical (unpaired) electrons. The van der Waals surface area contributed by atoms with Gasteiger partial charge in [-0.25, -0.2) is 4.90 Å². The number of aromatic amines is 1. The Hall–Kier alpha value is -3.93. The second-order valence-electron chi connectivity index (χ2n) is 9.50. The molecule has 3 heterocycles. The molecule has 12 heteroatoms. The van der Waals surface area contributed by atoms with E-state index < -0.39 is 33.8 Å². The van der Waals surface area contributed by atoms with Gasteiger partial charge in [-0.1, -0.05) is 64.5 Å². The summed E-state index contributed by atoms with van der Waals surface area (Å²) < 4.78 is 6.24. The number of carbonyl (C=O) groups excluding carboxylic acids is 2. The maximum atomic E-state index is 14.0. The van der Waals surface area contributed by atoms with E-state index >= 15 is 0 Å². The van der Waals surface area contributed by atoms with Gasteiger partial charge in [0, 0.05) is 33.5 Å². The molecular weight excluding hydrogens is 574 g/mol. The van der Waals surface area contributed by atoms with Gasteiger partial charge in [0.25, 0.3) is 5.69 Å². The highest BCUT2D eigenvalue weighted by Gasteiger charge is 2.56. The van der Waals surface area contributed by atoms with Crippen LogP contribution in [0.5, 0.6) is 5.75 Å². The zero-order valence-electron chi connectivity index (χ0n) is 20.8. The Morgan fingerprint density at radius 3 is 2.55 bits per heavy atom. The van der Waals surface area contributed by atoms with Gasteiger partial charge in [-0.3, -0.25) is 24.5 Å². The summed E-state index contributed by atoms with van der Waals surface area (Å²) >= 11 is 8.57. The lowest BCUT2D eigenvalue weighted by molar-refractivity contribution is -0.384. The predicted molar refractivity (Wildman–Crippen MR) is 152 cm³/mol. The van der Waals surface area contributed by atoms with Crippen LogP contribution in [0.15, 0.2) is 76.6 Å². The molecule has 202 valence electrons. The number of ether oxygens (including phenoxy) is 1. The topological polar surface area (TPSA) is 123 Å². The summed E-state index contributed by atoms with van der Waals surface area (Å²) in [6.07, 6.45) is 0. The lowest BCUT2D eigenvalue weighted by atomic mass is 9.82. The molecule has 0 aliphatic carbocycles. The SMILES string of the molecule is Cc1cccc(COc2ccc(Cl)cc2C2c3sc(=O)[nH]c3SC3C(=O)N(c4ccc([N+](=O)[O-])cc4)C(=O)C32)c1. The largest absolute Gasteiger partial charge is 0.489 e. The molecule has 3 atom stereocenters. The molecule has 6 rings (SSSR count). The maximum absolute atomic E-state index is 14.0. The lowest BCUT2D eigenvalue weighted by Crippen LogP contribution is -2.32. The number of hydrogen-bond donors (Lipinski definition) is 1. The molecular formula is C28H20ClN3O6S2. The number of nitro groups is 1. The number of rotatable bonds is 6. The number of thioether (sulfide) groups is 1. The molecule has 1 aromatic heterocycles. The van der Waals surface area contributed by atoms with Gasteiger partial charge >= 0.3 is 4.87 Å². The Labute approximate surface area is 240 Å². The van der Waals surface area contributed by atoms with Crippen molar-refractivity contribution in [3.05, 3.63) is 113 Å². The molecule has 0 bridgehead atoms. The second kappa shape index (κ2) is 10.2. The summed E-state index contributed by atoms with van der Waals surface area (Å²) in [5.74, 6) is -1.97. The summed E-state index contributed by atoms with van der Waals surface area (Å²) in [4.78, 5) is 54.9. The molecule has 4 aromatic rings. The van der Waals surface area contributed by atoms with Crippen LogP contribution in [-0.2, 0) is 16.2 Å². The molecule has 1 fully saturated rings. The van der Waals surface area contributed by atoms with Gasteiger partial charge < -0.3 is 9.72 Å². The number of aromatic nitrogens is 1. The number of hydrogen-bond acceptors (Lipinski definition) is 8. The summed E-state index contributed by atoms with van der Waals surface area (Å²) in [6.45, 7) is 2.26. The number of fused-ring (bicyclic) bond motifs is 2. The Kier molecular flexibility index (Phi) is 6.73. The van der Waals surface area contributed by atoms with Crippen LogP contribution in [0, 0.1) is 23.0 Å². The second-order valence-corrected chi connectivity index (χ2v) is 12.1. The summed E-state index contributed by atoms with van der Waals surface area (Å²) in [5.41, 5.74) is 2.74. The molecule has 2 amide bonds. The number of nitrogens with one attached hydrogen (secondary N) is 1. The van der Waals surface area contributed by atoms with Crippen molar-refractivity contribution >= 4 is 57.9 Å². The van der Waals surface area contributed by atoms with Crippen molar-refractivity contribution in [2.24, 2.45) is 5.92 Å².